The summed E-state index contributed by atoms with van der Waals surface area (Å²) in [7, 11) is 0. The molecule has 1 heterocycles. The lowest BCUT2D eigenvalue weighted by atomic mass is 9.94. The van der Waals surface area contributed by atoms with Crippen LogP contribution >= 0.6 is 0 Å². The third-order valence-corrected chi connectivity index (χ3v) is 3.20. The second kappa shape index (κ2) is 5.72. The van der Waals surface area contributed by atoms with Crippen LogP contribution in [0.1, 0.15) is 19.8 Å². The molecule has 0 aromatic heterocycles. The average molecular weight is 259 g/mol. The Balaban J connectivity index is 2.06. The molecule has 0 unspecified atom stereocenters. The van der Waals surface area contributed by atoms with E-state index in [0.717, 1.165) is 0 Å². The van der Waals surface area contributed by atoms with E-state index in [2.05, 4.69) is 10.1 Å². The van der Waals surface area contributed by atoms with Crippen LogP contribution in [0.4, 0.5) is 0 Å². The summed E-state index contributed by atoms with van der Waals surface area (Å²) in [5.74, 6) is 0.655. The van der Waals surface area contributed by atoms with Gasteiger partial charge >= 0.3 is 6.02 Å². The van der Waals surface area contributed by atoms with E-state index in [-0.39, 0.29) is 0 Å². The zero-order chi connectivity index (χ0) is 13.7. The van der Waals surface area contributed by atoms with Crippen molar-refractivity contribution in [3.8, 4) is 5.75 Å². The van der Waals surface area contributed by atoms with E-state index in [1.54, 1.807) is 0 Å². The van der Waals surface area contributed by atoms with Crippen molar-refractivity contribution in [2.24, 2.45) is 5.10 Å². The summed E-state index contributed by atoms with van der Waals surface area (Å²) >= 11 is 0. The first-order chi connectivity index (χ1) is 9.11. The molecular formula is C14H17N3O2. The first-order valence-electron chi connectivity index (χ1n) is 6.25. The molecule has 1 aromatic rings. The molecule has 5 nitrogen and oxygen atoms in total. The second-order valence-corrected chi connectivity index (χ2v) is 4.88. The molecular weight excluding hydrogens is 242 g/mol. The van der Waals surface area contributed by atoms with Gasteiger partial charge in [0.15, 0.2) is 0 Å². The maximum atomic E-state index is 9.93. The normalized spacial score (nSPS) is 18.8. The van der Waals surface area contributed by atoms with Gasteiger partial charge in [-0.05, 0) is 31.9 Å². The van der Waals surface area contributed by atoms with Crippen molar-refractivity contribution in [1.29, 1.82) is 0 Å². The van der Waals surface area contributed by atoms with E-state index in [9.17, 15) is 5.11 Å². The molecule has 0 radical (unpaired) electrons. The van der Waals surface area contributed by atoms with Gasteiger partial charge in [0, 0.05) is 13.1 Å². The molecule has 1 saturated heterocycles. The predicted molar refractivity (Wildman–Crippen MR) is 72.5 cm³/mol. The predicted octanol–water partition coefficient (Wildman–Crippen LogP) is 2.10. The molecule has 1 aromatic carbocycles. The van der Waals surface area contributed by atoms with Crippen LogP contribution in [0.15, 0.2) is 35.4 Å². The maximum Gasteiger partial charge on any atom is 0.376 e. The van der Waals surface area contributed by atoms with Crippen molar-refractivity contribution >= 4 is 6.02 Å². The summed E-state index contributed by atoms with van der Waals surface area (Å²) < 4.78 is 5.64. The Labute approximate surface area is 112 Å². The number of piperidine rings is 1. The van der Waals surface area contributed by atoms with Gasteiger partial charge in [-0.15, -0.1) is 4.95 Å². The van der Waals surface area contributed by atoms with Gasteiger partial charge in [-0.25, -0.2) is 0 Å². The number of hydrogen-bond donors (Lipinski definition) is 1. The Morgan fingerprint density at radius 2 is 2.00 bits per heavy atom. The minimum atomic E-state index is -0.632. The molecule has 100 valence electrons. The van der Waals surface area contributed by atoms with Crippen molar-refractivity contribution in [2.45, 2.75) is 25.4 Å². The van der Waals surface area contributed by atoms with Crippen LogP contribution in [0.2, 0.25) is 0 Å². The Morgan fingerprint density at radius 3 is 2.58 bits per heavy atom. The van der Waals surface area contributed by atoms with E-state index >= 15 is 0 Å². The molecule has 19 heavy (non-hydrogen) atoms. The number of rotatable bonds is 1. The minimum absolute atomic E-state index is 0.303. The first kappa shape index (κ1) is 13.4. The summed E-state index contributed by atoms with van der Waals surface area (Å²) in [4.78, 5) is 4.94. The van der Waals surface area contributed by atoms with Gasteiger partial charge < -0.3 is 14.7 Å². The molecule has 0 amide bonds. The highest BCUT2D eigenvalue weighted by atomic mass is 16.5. The highest BCUT2D eigenvalue weighted by Gasteiger charge is 2.30. The van der Waals surface area contributed by atoms with Crippen LogP contribution < -0.4 is 4.74 Å². The van der Waals surface area contributed by atoms with E-state index in [1.165, 1.54) is 0 Å². The molecule has 1 fully saturated rings. The Morgan fingerprint density at radius 1 is 1.37 bits per heavy atom. The van der Waals surface area contributed by atoms with E-state index in [0.29, 0.717) is 37.7 Å². The summed E-state index contributed by atoms with van der Waals surface area (Å²) in [6.07, 6.45) is 1.28. The van der Waals surface area contributed by atoms with E-state index in [1.807, 2.05) is 42.2 Å². The molecule has 5 heteroatoms. The minimum Gasteiger partial charge on any atom is -0.421 e. The van der Waals surface area contributed by atoms with Crippen molar-refractivity contribution in [3.05, 3.63) is 41.9 Å². The van der Waals surface area contributed by atoms with Crippen molar-refractivity contribution < 1.29 is 9.84 Å². The number of likely N-dealkylation sites (tertiary alicyclic amines) is 1. The van der Waals surface area contributed by atoms with Gasteiger partial charge in [-0.3, -0.25) is 0 Å². The third-order valence-electron chi connectivity index (χ3n) is 3.20. The molecule has 0 aliphatic carbocycles. The number of ether oxygens (including phenoxy) is 1. The number of para-hydroxylation sites is 1. The lowest BCUT2D eigenvalue weighted by molar-refractivity contribution is 0.00717. The third kappa shape index (κ3) is 3.70. The summed E-state index contributed by atoms with van der Waals surface area (Å²) in [5, 5.41) is 13.6. The highest BCUT2D eigenvalue weighted by molar-refractivity contribution is 5.76. The van der Waals surface area contributed by atoms with Crippen LogP contribution in [0.3, 0.4) is 0 Å². The molecule has 0 spiro atoms. The zero-order valence-corrected chi connectivity index (χ0v) is 10.9. The Bertz CT molecular complexity index is 481. The van der Waals surface area contributed by atoms with E-state index in [4.69, 9.17) is 11.3 Å². The number of nitrogens with zero attached hydrogens (tertiary/aromatic N) is 3. The summed E-state index contributed by atoms with van der Waals surface area (Å²) in [6.45, 7) is 9.97. The number of benzene rings is 1. The zero-order valence-electron chi connectivity index (χ0n) is 10.9. The van der Waals surface area contributed by atoms with Gasteiger partial charge in [0.2, 0.25) is 0 Å². The molecule has 0 saturated carbocycles. The summed E-state index contributed by atoms with van der Waals surface area (Å²) in [5.41, 5.74) is -0.632. The fourth-order valence-corrected chi connectivity index (χ4v) is 1.96. The fraction of sp³-hybridized carbons (Fsp3) is 0.429. The SMILES string of the molecule is [C-]#[N+]/N=C(/Oc1ccccc1)N1CCC(C)(O)CC1. The molecule has 2 rings (SSSR count). The van der Waals surface area contributed by atoms with Gasteiger partial charge in [0.05, 0.1) is 5.60 Å². The first-order valence-corrected chi connectivity index (χ1v) is 6.25. The molecule has 0 bridgehead atoms. The quantitative estimate of drug-likeness (QED) is 0.364. The maximum absolute atomic E-state index is 9.93. The standard InChI is InChI=1S/C14H17N3O2/c1-14(18)8-10-17(11-9-14)13(16-15-2)19-12-6-4-3-5-7-12/h3-7,18H,8-11H2,1H3/b16-13+. The molecule has 1 aliphatic rings. The van der Waals surface area contributed by atoms with Gasteiger partial charge in [-0.2, -0.15) is 6.57 Å². The number of aliphatic hydroxyl groups is 1. The molecule has 1 aliphatic heterocycles. The molecule has 0 atom stereocenters. The Kier molecular flexibility index (Phi) is 4.03. The smallest absolute Gasteiger partial charge is 0.376 e. The Hall–Kier alpha value is -2.06. The second-order valence-electron chi connectivity index (χ2n) is 4.88. The topological polar surface area (TPSA) is 49.4 Å². The van der Waals surface area contributed by atoms with Crippen LogP contribution in [-0.4, -0.2) is 34.7 Å². The van der Waals surface area contributed by atoms with E-state index < -0.39 is 5.60 Å². The van der Waals surface area contributed by atoms with Crippen LogP contribution in [-0.2, 0) is 0 Å². The van der Waals surface area contributed by atoms with Crippen molar-refractivity contribution in [1.82, 2.24) is 4.90 Å². The number of amidine groups is 1. The summed E-state index contributed by atoms with van der Waals surface area (Å²) in [6, 6.07) is 9.57. The monoisotopic (exact) mass is 259 g/mol. The molecule has 1 N–H and O–H groups in total. The van der Waals surface area contributed by atoms with Gasteiger partial charge in [-0.1, -0.05) is 18.2 Å². The van der Waals surface area contributed by atoms with Crippen LogP contribution in [0.25, 0.3) is 4.95 Å². The lowest BCUT2D eigenvalue weighted by Crippen LogP contribution is -2.46. The van der Waals surface area contributed by atoms with Crippen molar-refractivity contribution in [2.75, 3.05) is 13.1 Å². The highest BCUT2D eigenvalue weighted by Crippen LogP contribution is 2.22. The van der Waals surface area contributed by atoms with Crippen molar-refractivity contribution in [3.63, 3.8) is 0 Å². The van der Waals surface area contributed by atoms with Crippen LogP contribution in [0, 0.1) is 6.57 Å². The van der Waals surface area contributed by atoms with Gasteiger partial charge in [0.1, 0.15) is 10.9 Å². The number of hydrogen-bond acceptors (Lipinski definition) is 3. The lowest BCUT2D eigenvalue weighted by Gasteiger charge is -2.35. The largest absolute Gasteiger partial charge is 0.421 e. The van der Waals surface area contributed by atoms with Crippen LogP contribution in [0.5, 0.6) is 5.75 Å². The fourth-order valence-electron chi connectivity index (χ4n) is 1.96. The van der Waals surface area contributed by atoms with Gasteiger partial charge in [0.25, 0.3) is 0 Å². The average Bonchev–Trinajstić information content (AvgIpc) is 2.39.